The third kappa shape index (κ3) is 8.15. The van der Waals surface area contributed by atoms with Gasteiger partial charge in [-0.2, -0.15) is 0 Å². The largest absolute Gasteiger partial charge is 0.392 e. The van der Waals surface area contributed by atoms with Crippen molar-refractivity contribution in [3.63, 3.8) is 0 Å². The van der Waals surface area contributed by atoms with Crippen LogP contribution in [0, 0.1) is 0 Å². The molecule has 5 heteroatoms. The second kappa shape index (κ2) is 9.11. The molecule has 0 rings (SSSR count). The van der Waals surface area contributed by atoms with Gasteiger partial charge in [0, 0.05) is 0 Å². The van der Waals surface area contributed by atoms with Crippen LogP contribution in [0.15, 0.2) is 12.7 Å². The summed E-state index contributed by atoms with van der Waals surface area (Å²) in [6.45, 7) is 7.77. The summed E-state index contributed by atoms with van der Waals surface area (Å²) in [4.78, 5) is 1.17. The van der Waals surface area contributed by atoms with E-state index in [1.54, 1.807) is 0 Å². The quantitative estimate of drug-likeness (QED) is 0.368. The lowest BCUT2D eigenvalue weighted by Gasteiger charge is -2.30. The highest BCUT2D eigenvalue weighted by molar-refractivity contribution is 4.60. The maximum Gasteiger partial charge on any atom is 0.108 e. The Bertz CT molecular complexity index is 118. The number of aliphatic hydroxyl groups is 4. The molecule has 0 bridgehead atoms. The molecule has 0 saturated heterocycles. The van der Waals surface area contributed by atoms with E-state index >= 15 is 0 Å². The van der Waals surface area contributed by atoms with Crippen LogP contribution in [0.5, 0.6) is 0 Å². The molecule has 3 unspecified atom stereocenters. The predicted octanol–water partition coefficient (Wildman–Crippen LogP) is -0.532. The zero-order valence-corrected chi connectivity index (χ0v) is 8.96. The van der Waals surface area contributed by atoms with Crippen molar-refractivity contribution in [3.05, 3.63) is 12.7 Å². The average Bonchev–Trinajstić information content (AvgIpc) is 2.02. The van der Waals surface area contributed by atoms with E-state index in [-0.39, 0.29) is 6.61 Å². The first-order valence-corrected chi connectivity index (χ1v) is 4.41. The minimum Gasteiger partial charge on any atom is -0.392 e. The molecule has 86 valence electrons. The van der Waals surface area contributed by atoms with E-state index in [1.165, 1.54) is 31.7 Å². The Kier molecular flexibility index (Phi) is 10.4. The van der Waals surface area contributed by atoms with E-state index in [1.807, 2.05) is 0 Å². The van der Waals surface area contributed by atoms with Crippen molar-refractivity contribution in [2.75, 3.05) is 6.61 Å². The molecule has 0 radical (unpaired) electrons. The number of aliphatic hydroxyl groups excluding tert-OH is 4. The van der Waals surface area contributed by atoms with Crippen molar-refractivity contribution in [3.8, 4) is 0 Å². The van der Waals surface area contributed by atoms with Gasteiger partial charge in [-0.15, -0.1) is 6.58 Å². The molecule has 0 spiro atoms. The molecule has 3 atom stereocenters. The molecule has 0 aromatic heterocycles. The van der Waals surface area contributed by atoms with Crippen LogP contribution in [0.2, 0.25) is 0 Å². The molecule has 0 saturated carbocycles. The maximum absolute atomic E-state index is 8.96. The smallest absolute Gasteiger partial charge is 0.108 e. The lowest BCUT2D eigenvalue weighted by atomic mass is 10.4. The molecule has 0 aliphatic rings. The van der Waals surface area contributed by atoms with Gasteiger partial charge in [-0.05, 0) is 20.8 Å². The normalized spacial score (nSPS) is 16.6. The van der Waals surface area contributed by atoms with Gasteiger partial charge in [-0.3, -0.25) is 0 Å². The molecular formula is C9H21NO4. The van der Waals surface area contributed by atoms with Gasteiger partial charge in [0.15, 0.2) is 0 Å². The lowest BCUT2D eigenvalue weighted by Crippen LogP contribution is -2.45. The molecule has 5 nitrogen and oxygen atoms in total. The summed E-state index contributed by atoms with van der Waals surface area (Å²) in [5, 5.41) is 34.6. The maximum atomic E-state index is 8.96. The van der Waals surface area contributed by atoms with Crippen molar-refractivity contribution in [1.29, 1.82) is 0 Å². The Morgan fingerprint density at radius 3 is 1.29 bits per heavy atom. The van der Waals surface area contributed by atoms with Gasteiger partial charge >= 0.3 is 0 Å². The molecule has 0 heterocycles. The highest BCUT2D eigenvalue weighted by atomic mass is 16.4. The molecule has 0 fully saturated rings. The van der Waals surface area contributed by atoms with Gasteiger partial charge < -0.3 is 20.4 Å². The van der Waals surface area contributed by atoms with E-state index in [2.05, 4.69) is 6.58 Å². The second-order valence-corrected chi connectivity index (χ2v) is 2.81. The minimum atomic E-state index is -0.833. The molecular weight excluding hydrogens is 186 g/mol. The Morgan fingerprint density at radius 2 is 1.29 bits per heavy atom. The van der Waals surface area contributed by atoms with E-state index in [9.17, 15) is 0 Å². The standard InChI is InChI=1S/C6H15NO3.C3H6O/c1-4(8)7(5(2)9)6(3)10;1-2-3-4/h4-6,8-10H,1-3H3;2,4H,1,3H2. The molecule has 4 N–H and O–H groups in total. The average molecular weight is 207 g/mol. The first kappa shape index (κ1) is 16.0. The predicted molar refractivity (Wildman–Crippen MR) is 54.2 cm³/mol. The van der Waals surface area contributed by atoms with Gasteiger partial charge in [0.05, 0.1) is 6.61 Å². The molecule has 0 amide bonds. The Hall–Kier alpha value is -0.460. The molecule has 0 aliphatic heterocycles. The summed E-state index contributed by atoms with van der Waals surface area (Å²) in [6.07, 6.45) is -1.07. The lowest BCUT2D eigenvalue weighted by molar-refractivity contribution is -0.159. The molecule has 0 aromatic carbocycles. The summed E-state index contributed by atoms with van der Waals surface area (Å²) in [6, 6.07) is 0. The van der Waals surface area contributed by atoms with Crippen molar-refractivity contribution in [2.45, 2.75) is 39.5 Å². The van der Waals surface area contributed by atoms with Gasteiger partial charge in [-0.25, -0.2) is 4.90 Å². The first-order chi connectivity index (χ1) is 6.38. The number of nitrogens with zero attached hydrogens (tertiary/aromatic N) is 1. The summed E-state index contributed by atoms with van der Waals surface area (Å²) in [5.74, 6) is 0. The zero-order chi connectivity index (χ0) is 11.7. The fourth-order valence-corrected chi connectivity index (χ4v) is 0.937. The first-order valence-electron chi connectivity index (χ1n) is 4.41. The molecule has 0 aliphatic carbocycles. The monoisotopic (exact) mass is 207 g/mol. The minimum absolute atomic E-state index is 0.0833. The van der Waals surface area contributed by atoms with Crippen molar-refractivity contribution >= 4 is 0 Å². The highest BCUT2D eigenvalue weighted by Gasteiger charge is 2.19. The van der Waals surface area contributed by atoms with Crippen LogP contribution in [-0.4, -0.2) is 50.6 Å². The van der Waals surface area contributed by atoms with Crippen LogP contribution in [0.4, 0.5) is 0 Å². The Balaban J connectivity index is 0. The topological polar surface area (TPSA) is 84.2 Å². The number of hydrogen-bond acceptors (Lipinski definition) is 5. The summed E-state index contributed by atoms with van der Waals surface area (Å²) < 4.78 is 0. The van der Waals surface area contributed by atoms with Gasteiger partial charge in [-0.1, -0.05) is 6.08 Å². The summed E-state index contributed by atoms with van der Waals surface area (Å²) in [7, 11) is 0. The Morgan fingerprint density at radius 1 is 1.07 bits per heavy atom. The van der Waals surface area contributed by atoms with Crippen LogP contribution in [0.3, 0.4) is 0 Å². The fourth-order valence-electron chi connectivity index (χ4n) is 0.937. The van der Waals surface area contributed by atoms with E-state index in [0.717, 1.165) is 0 Å². The van der Waals surface area contributed by atoms with Crippen LogP contribution in [0.1, 0.15) is 20.8 Å². The van der Waals surface area contributed by atoms with Crippen molar-refractivity contribution < 1.29 is 20.4 Å². The van der Waals surface area contributed by atoms with E-state index in [0.29, 0.717) is 0 Å². The molecule has 0 aromatic rings. The molecule has 14 heavy (non-hydrogen) atoms. The second-order valence-electron chi connectivity index (χ2n) is 2.81. The van der Waals surface area contributed by atoms with E-state index in [4.69, 9.17) is 20.4 Å². The SMILES string of the molecule is C=CCO.CC(O)N(C(C)O)C(C)O. The summed E-state index contributed by atoms with van der Waals surface area (Å²) >= 11 is 0. The third-order valence-electron chi connectivity index (χ3n) is 1.42. The number of hydrogen-bond donors (Lipinski definition) is 4. The van der Waals surface area contributed by atoms with Gasteiger partial charge in [0.25, 0.3) is 0 Å². The van der Waals surface area contributed by atoms with E-state index < -0.39 is 18.7 Å². The van der Waals surface area contributed by atoms with Gasteiger partial charge in [0.1, 0.15) is 18.7 Å². The summed E-state index contributed by atoms with van der Waals surface area (Å²) in [5.41, 5.74) is 0. The van der Waals surface area contributed by atoms with Gasteiger partial charge in [0.2, 0.25) is 0 Å². The Labute approximate surface area is 84.9 Å². The van der Waals surface area contributed by atoms with Crippen molar-refractivity contribution in [2.24, 2.45) is 0 Å². The highest BCUT2D eigenvalue weighted by Crippen LogP contribution is 2.04. The van der Waals surface area contributed by atoms with Crippen LogP contribution in [0.25, 0.3) is 0 Å². The number of rotatable bonds is 4. The third-order valence-corrected chi connectivity index (χ3v) is 1.42. The zero-order valence-electron chi connectivity index (χ0n) is 8.96. The van der Waals surface area contributed by atoms with Crippen LogP contribution < -0.4 is 0 Å². The van der Waals surface area contributed by atoms with Crippen molar-refractivity contribution in [1.82, 2.24) is 4.90 Å². The van der Waals surface area contributed by atoms with Crippen LogP contribution in [-0.2, 0) is 0 Å². The fraction of sp³-hybridized carbons (Fsp3) is 0.778. The van der Waals surface area contributed by atoms with Crippen LogP contribution >= 0.6 is 0 Å².